The molecular weight excluding hydrogens is 422 g/mol. The van der Waals surface area contributed by atoms with Crippen molar-refractivity contribution < 1.29 is 19.4 Å². The Balaban J connectivity index is 1.33. The van der Waals surface area contributed by atoms with Gasteiger partial charge in [0.1, 0.15) is 0 Å². The predicted molar refractivity (Wildman–Crippen MR) is 114 cm³/mol. The molecule has 10 heteroatoms. The lowest BCUT2D eigenvalue weighted by Gasteiger charge is -2.37. The molecule has 2 fully saturated rings. The SMILES string of the molecule is COc1cc(-c2cc(C(=O)N3CCC(C(=O)NCC4(O)CCC4)CC3)n[nH]2)c(Cl)cn1. The van der Waals surface area contributed by atoms with E-state index in [2.05, 4.69) is 20.5 Å². The van der Waals surface area contributed by atoms with Crippen LogP contribution in [0.15, 0.2) is 18.3 Å². The number of carbonyl (C=O) groups is 2. The molecule has 0 spiro atoms. The third kappa shape index (κ3) is 4.67. The van der Waals surface area contributed by atoms with Crippen molar-refractivity contribution in [3.8, 4) is 17.1 Å². The summed E-state index contributed by atoms with van der Waals surface area (Å²) in [7, 11) is 1.51. The fraction of sp³-hybridized carbons (Fsp3) is 0.524. The average molecular weight is 448 g/mol. The normalized spacial score (nSPS) is 18.4. The second-order valence-electron chi connectivity index (χ2n) is 8.24. The number of H-pyrrole nitrogens is 1. The van der Waals surface area contributed by atoms with Crippen LogP contribution >= 0.6 is 11.6 Å². The highest BCUT2D eigenvalue weighted by atomic mass is 35.5. The van der Waals surface area contributed by atoms with Crippen LogP contribution in [-0.2, 0) is 4.79 Å². The lowest BCUT2D eigenvalue weighted by atomic mass is 9.80. The number of aliphatic hydroxyl groups is 1. The second-order valence-corrected chi connectivity index (χ2v) is 8.64. The van der Waals surface area contributed by atoms with Gasteiger partial charge in [-0.2, -0.15) is 5.10 Å². The molecule has 0 unspecified atom stereocenters. The van der Waals surface area contributed by atoms with E-state index in [0.717, 1.165) is 19.3 Å². The van der Waals surface area contributed by atoms with Crippen LogP contribution in [0.3, 0.4) is 0 Å². The molecule has 1 saturated carbocycles. The zero-order chi connectivity index (χ0) is 22.0. The number of ether oxygens (including phenoxy) is 1. The summed E-state index contributed by atoms with van der Waals surface area (Å²) in [6, 6.07) is 3.33. The molecule has 2 aliphatic rings. The predicted octanol–water partition coefficient (Wildman–Crippen LogP) is 2.02. The first kappa shape index (κ1) is 21.6. The molecule has 0 bridgehead atoms. The minimum atomic E-state index is -0.730. The van der Waals surface area contributed by atoms with Gasteiger partial charge in [0.2, 0.25) is 11.8 Å². The van der Waals surface area contributed by atoms with Crippen LogP contribution < -0.4 is 10.1 Å². The van der Waals surface area contributed by atoms with Crippen molar-refractivity contribution in [3.05, 3.63) is 29.0 Å². The van der Waals surface area contributed by atoms with Gasteiger partial charge in [0.15, 0.2) is 5.69 Å². The summed E-state index contributed by atoms with van der Waals surface area (Å²) in [6.45, 7) is 1.27. The number of hydrogen-bond acceptors (Lipinski definition) is 6. The monoisotopic (exact) mass is 447 g/mol. The topological polar surface area (TPSA) is 120 Å². The minimum absolute atomic E-state index is 0.0456. The number of methoxy groups -OCH3 is 1. The van der Waals surface area contributed by atoms with Gasteiger partial charge in [-0.1, -0.05) is 11.6 Å². The summed E-state index contributed by atoms with van der Waals surface area (Å²) in [5.41, 5.74) is 0.795. The van der Waals surface area contributed by atoms with Crippen LogP contribution in [0.4, 0.5) is 0 Å². The Morgan fingerprint density at radius 3 is 2.74 bits per heavy atom. The van der Waals surface area contributed by atoms with Gasteiger partial charge in [0, 0.05) is 37.2 Å². The second kappa shape index (κ2) is 8.84. The third-order valence-corrected chi connectivity index (χ3v) is 6.46. The molecule has 9 nitrogen and oxygen atoms in total. The molecule has 2 aromatic heterocycles. The smallest absolute Gasteiger partial charge is 0.274 e. The number of likely N-dealkylation sites (tertiary alicyclic amines) is 1. The first-order chi connectivity index (χ1) is 14.9. The number of aromatic amines is 1. The molecule has 3 heterocycles. The number of nitrogens with zero attached hydrogens (tertiary/aromatic N) is 3. The first-order valence-corrected chi connectivity index (χ1v) is 10.8. The van der Waals surface area contributed by atoms with Gasteiger partial charge in [-0.05, 0) is 38.2 Å². The van der Waals surface area contributed by atoms with Gasteiger partial charge in [-0.15, -0.1) is 0 Å². The Morgan fingerprint density at radius 2 is 2.10 bits per heavy atom. The Morgan fingerprint density at radius 1 is 1.35 bits per heavy atom. The number of carbonyl (C=O) groups excluding carboxylic acids is 2. The Hall–Kier alpha value is -2.65. The van der Waals surface area contributed by atoms with Gasteiger partial charge in [-0.25, -0.2) is 4.98 Å². The van der Waals surface area contributed by atoms with E-state index in [9.17, 15) is 14.7 Å². The molecule has 2 aromatic rings. The van der Waals surface area contributed by atoms with Crippen LogP contribution in [-0.4, -0.2) is 69.3 Å². The van der Waals surface area contributed by atoms with E-state index in [1.807, 2.05) is 0 Å². The first-order valence-electron chi connectivity index (χ1n) is 10.4. The van der Waals surface area contributed by atoms with Gasteiger partial charge in [0.25, 0.3) is 5.91 Å². The average Bonchev–Trinajstić information content (AvgIpc) is 3.26. The Kier molecular flexibility index (Phi) is 6.15. The van der Waals surface area contributed by atoms with Gasteiger partial charge >= 0.3 is 0 Å². The van der Waals surface area contributed by atoms with E-state index in [-0.39, 0.29) is 23.4 Å². The molecule has 166 valence electrons. The fourth-order valence-corrected chi connectivity index (χ4v) is 4.18. The van der Waals surface area contributed by atoms with E-state index >= 15 is 0 Å². The number of pyridine rings is 1. The zero-order valence-electron chi connectivity index (χ0n) is 17.4. The molecule has 3 N–H and O–H groups in total. The summed E-state index contributed by atoms with van der Waals surface area (Å²) in [5, 5.41) is 20.4. The summed E-state index contributed by atoms with van der Waals surface area (Å²) in [4.78, 5) is 31.0. The van der Waals surface area contributed by atoms with Crippen molar-refractivity contribution in [2.75, 3.05) is 26.7 Å². The van der Waals surface area contributed by atoms with Crippen LogP contribution in [0, 0.1) is 5.92 Å². The number of hydrogen-bond donors (Lipinski definition) is 3. The summed E-state index contributed by atoms with van der Waals surface area (Å²) in [6.07, 6.45) is 5.13. The molecule has 0 atom stereocenters. The third-order valence-electron chi connectivity index (χ3n) is 6.16. The van der Waals surface area contributed by atoms with Crippen LogP contribution in [0.1, 0.15) is 42.6 Å². The molecular formula is C21H26ClN5O4. The van der Waals surface area contributed by atoms with Gasteiger partial charge < -0.3 is 20.1 Å². The maximum absolute atomic E-state index is 12.9. The maximum atomic E-state index is 12.9. The summed E-state index contributed by atoms with van der Waals surface area (Å²) < 4.78 is 5.13. The van der Waals surface area contributed by atoms with Crippen LogP contribution in [0.5, 0.6) is 5.88 Å². The Bertz CT molecular complexity index is 966. The Labute approximate surface area is 185 Å². The molecule has 0 radical (unpaired) electrons. The number of aromatic nitrogens is 3. The molecule has 1 aliphatic carbocycles. The summed E-state index contributed by atoms with van der Waals surface area (Å²) in [5.74, 6) is 0.0234. The number of amides is 2. The number of rotatable bonds is 6. The van der Waals surface area contributed by atoms with Crippen molar-refractivity contribution in [3.63, 3.8) is 0 Å². The largest absolute Gasteiger partial charge is 0.481 e. The highest BCUT2D eigenvalue weighted by Gasteiger charge is 2.36. The fourth-order valence-electron chi connectivity index (χ4n) is 3.97. The summed E-state index contributed by atoms with van der Waals surface area (Å²) >= 11 is 6.22. The van der Waals surface area contributed by atoms with Gasteiger partial charge in [-0.3, -0.25) is 14.7 Å². The standard InChI is InChI=1S/C21H26ClN5O4/c1-31-18-9-14(15(22)11-23-18)16-10-17(26-25-16)20(29)27-7-3-13(4-8-27)19(28)24-12-21(30)5-2-6-21/h9-11,13,30H,2-8,12H2,1H3,(H,24,28)(H,25,26). The number of halogens is 1. The van der Waals surface area contributed by atoms with Crippen molar-refractivity contribution in [1.29, 1.82) is 0 Å². The van der Waals surface area contributed by atoms with Crippen molar-refractivity contribution in [1.82, 2.24) is 25.4 Å². The maximum Gasteiger partial charge on any atom is 0.274 e. The minimum Gasteiger partial charge on any atom is -0.481 e. The highest BCUT2D eigenvalue weighted by molar-refractivity contribution is 6.33. The molecule has 1 aliphatic heterocycles. The number of nitrogens with one attached hydrogen (secondary N) is 2. The zero-order valence-corrected chi connectivity index (χ0v) is 18.1. The van der Waals surface area contributed by atoms with E-state index in [1.165, 1.54) is 13.3 Å². The molecule has 4 rings (SSSR count). The van der Waals surface area contributed by atoms with E-state index < -0.39 is 5.60 Å². The molecule has 0 aromatic carbocycles. The molecule has 31 heavy (non-hydrogen) atoms. The van der Waals surface area contributed by atoms with E-state index in [0.29, 0.717) is 54.6 Å². The van der Waals surface area contributed by atoms with Crippen molar-refractivity contribution in [2.24, 2.45) is 5.92 Å². The quantitative estimate of drug-likeness (QED) is 0.623. The lowest BCUT2D eigenvalue weighted by molar-refractivity contribution is -0.128. The van der Waals surface area contributed by atoms with Crippen LogP contribution in [0.2, 0.25) is 5.02 Å². The van der Waals surface area contributed by atoms with Crippen molar-refractivity contribution in [2.45, 2.75) is 37.7 Å². The molecule has 1 saturated heterocycles. The number of piperidine rings is 1. The lowest BCUT2D eigenvalue weighted by Crippen LogP contribution is -2.50. The van der Waals surface area contributed by atoms with E-state index in [4.69, 9.17) is 16.3 Å². The molecule has 2 amide bonds. The highest BCUT2D eigenvalue weighted by Crippen LogP contribution is 2.31. The van der Waals surface area contributed by atoms with Gasteiger partial charge in [0.05, 0.1) is 29.6 Å². The van der Waals surface area contributed by atoms with E-state index in [1.54, 1.807) is 17.0 Å². The van der Waals surface area contributed by atoms with Crippen LogP contribution in [0.25, 0.3) is 11.3 Å². The van der Waals surface area contributed by atoms with Crippen molar-refractivity contribution >= 4 is 23.4 Å².